The summed E-state index contributed by atoms with van der Waals surface area (Å²) in [5.74, 6) is 0.323. The van der Waals surface area contributed by atoms with Gasteiger partial charge >= 0.3 is 6.18 Å². The number of benzene rings is 3. The van der Waals surface area contributed by atoms with E-state index in [2.05, 4.69) is 15.1 Å². The highest BCUT2D eigenvalue weighted by Crippen LogP contribution is 2.39. The first kappa shape index (κ1) is 25.5. The Balaban J connectivity index is 1.77. The molecular formula is C29H22ClF3N4O. The molecule has 3 aromatic carbocycles. The molecule has 192 valence electrons. The lowest BCUT2D eigenvalue weighted by Gasteiger charge is -2.13. The average molecular weight is 535 g/mol. The maximum atomic E-state index is 14.0. The van der Waals surface area contributed by atoms with Crippen molar-refractivity contribution in [2.24, 2.45) is 0 Å². The van der Waals surface area contributed by atoms with Crippen LogP contribution in [0.4, 0.5) is 13.2 Å². The Morgan fingerprint density at radius 1 is 0.763 bits per heavy atom. The number of hydrogen-bond donors (Lipinski definition) is 0. The van der Waals surface area contributed by atoms with E-state index in [1.54, 1.807) is 24.3 Å². The van der Waals surface area contributed by atoms with E-state index in [0.29, 0.717) is 28.3 Å². The number of rotatable bonds is 5. The van der Waals surface area contributed by atoms with Crippen LogP contribution in [0.15, 0.2) is 78.9 Å². The number of aromatic nitrogens is 4. The van der Waals surface area contributed by atoms with Gasteiger partial charge in [-0.1, -0.05) is 71.3 Å². The predicted molar refractivity (Wildman–Crippen MR) is 141 cm³/mol. The van der Waals surface area contributed by atoms with Gasteiger partial charge in [-0.3, -0.25) is 0 Å². The minimum Gasteiger partial charge on any atom is -0.497 e. The van der Waals surface area contributed by atoms with Gasteiger partial charge in [0.1, 0.15) is 11.4 Å². The third kappa shape index (κ3) is 4.99. The van der Waals surface area contributed by atoms with E-state index in [1.165, 1.54) is 11.8 Å². The van der Waals surface area contributed by atoms with Crippen LogP contribution in [0.3, 0.4) is 0 Å². The Morgan fingerprint density at radius 2 is 1.32 bits per heavy atom. The summed E-state index contributed by atoms with van der Waals surface area (Å²) in [6.45, 7) is 3.90. The predicted octanol–water partition coefficient (Wildman–Crippen LogP) is 7.96. The number of methoxy groups -OCH3 is 1. The third-order valence-corrected chi connectivity index (χ3v) is 6.42. The molecule has 0 bridgehead atoms. The molecule has 0 unspecified atom stereocenters. The maximum Gasteiger partial charge on any atom is 0.433 e. The molecular weight excluding hydrogens is 513 g/mol. The van der Waals surface area contributed by atoms with Gasteiger partial charge in [0.25, 0.3) is 5.95 Å². The number of aryl methyl sites for hydroxylation is 2. The number of hydrogen-bond acceptors (Lipinski definition) is 4. The van der Waals surface area contributed by atoms with Crippen LogP contribution in [-0.4, -0.2) is 26.9 Å². The van der Waals surface area contributed by atoms with Crippen LogP contribution in [0, 0.1) is 13.8 Å². The van der Waals surface area contributed by atoms with E-state index in [4.69, 9.17) is 16.3 Å². The van der Waals surface area contributed by atoms with Gasteiger partial charge in [-0.05, 0) is 44.2 Å². The van der Waals surface area contributed by atoms with Crippen molar-refractivity contribution in [2.45, 2.75) is 20.0 Å². The van der Waals surface area contributed by atoms with Gasteiger partial charge in [0.05, 0.1) is 23.5 Å². The lowest BCUT2D eigenvalue weighted by atomic mass is 10.1. The normalized spacial score (nSPS) is 11.6. The molecule has 0 saturated carbocycles. The SMILES string of the molecule is COc1ccc(-c2cc(C(F)(F)F)nc(-n3nc(-c4ccc(C)cc4)c(Cl)c3-c3ccc(C)cc3)n2)cc1. The summed E-state index contributed by atoms with van der Waals surface area (Å²) in [6.07, 6.45) is -4.71. The molecule has 0 aliphatic carbocycles. The molecule has 0 N–H and O–H groups in total. The van der Waals surface area contributed by atoms with Gasteiger partial charge in [0, 0.05) is 16.7 Å². The van der Waals surface area contributed by atoms with Crippen LogP contribution in [-0.2, 0) is 6.18 Å². The zero-order valence-electron chi connectivity index (χ0n) is 20.7. The fraction of sp³-hybridized carbons (Fsp3) is 0.138. The summed E-state index contributed by atoms with van der Waals surface area (Å²) >= 11 is 6.87. The van der Waals surface area contributed by atoms with Gasteiger partial charge < -0.3 is 4.74 Å². The zero-order chi connectivity index (χ0) is 27.0. The molecule has 0 amide bonds. The zero-order valence-corrected chi connectivity index (χ0v) is 21.5. The first-order valence-corrected chi connectivity index (χ1v) is 12.1. The Morgan fingerprint density at radius 3 is 1.87 bits per heavy atom. The third-order valence-electron chi connectivity index (χ3n) is 6.06. The number of halogens is 4. The number of nitrogens with zero attached hydrogens (tertiary/aromatic N) is 4. The quantitative estimate of drug-likeness (QED) is 0.229. The largest absolute Gasteiger partial charge is 0.497 e. The van der Waals surface area contributed by atoms with Gasteiger partial charge in [-0.2, -0.15) is 23.0 Å². The molecule has 2 heterocycles. The second-order valence-electron chi connectivity index (χ2n) is 8.82. The van der Waals surface area contributed by atoms with E-state index < -0.39 is 11.9 Å². The van der Waals surface area contributed by atoms with Crippen LogP contribution in [0.1, 0.15) is 16.8 Å². The molecule has 0 radical (unpaired) electrons. The van der Waals surface area contributed by atoms with Crippen molar-refractivity contribution in [1.82, 2.24) is 19.7 Å². The molecule has 5 nitrogen and oxygen atoms in total. The van der Waals surface area contributed by atoms with Gasteiger partial charge in [-0.25, -0.2) is 9.97 Å². The van der Waals surface area contributed by atoms with Crippen LogP contribution < -0.4 is 4.74 Å². The molecule has 2 aromatic heterocycles. The van der Waals surface area contributed by atoms with Crippen molar-refractivity contribution in [1.29, 1.82) is 0 Å². The van der Waals surface area contributed by atoms with Crippen molar-refractivity contribution in [3.63, 3.8) is 0 Å². The number of ether oxygens (including phenoxy) is 1. The lowest BCUT2D eigenvalue weighted by Crippen LogP contribution is -2.14. The van der Waals surface area contributed by atoms with Crippen LogP contribution in [0.5, 0.6) is 5.75 Å². The van der Waals surface area contributed by atoms with Gasteiger partial charge in [0.15, 0.2) is 5.69 Å². The molecule has 0 atom stereocenters. The van der Waals surface area contributed by atoms with E-state index >= 15 is 0 Å². The molecule has 0 aliphatic heterocycles. The monoisotopic (exact) mass is 534 g/mol. The van der Waals surface area contributed by atoms with Crippen molar-refractivity contribution in [2.75, 3.05) is 7.11 Å². The van der Waals surface area contributed by atoms with Crippen molar-refractivity contribution in [3.05, 3.63) is 101 Å². The highest BCUT2D eigenvalue weighted by Gasteiger charge is 2.35. The summed E-state index contributed by atoms with van der Waals surface area (Å²) in [6, 6.07) is 22.5. The molecule has 38 heavy (non-hydrogen) atoms. The second-order valence-corrected chi connectivity index (χ2v) is 9.20. The van der Waals surface area contributed by atoms with E-state index in [0.717, 1.165) is 22.8 Å². The van der Waals surface area contributed by atoms with Crippen LogP contribution in [0.25, 0.3) is 39.7 Å². The molecule has 9 heteroatoms. The van der Waals surface area contributed by atoms with E-state index in [-0.39, 0.29) is 16.7 Å². The van der Waals surface area contributed by atoms with Gasteiger partial charge in [0.2, 0.25) is 0 Å². The second kappa shape index (κ2) is 9.95. The summed E-state index contributed by atoms with van der Waals surface area (Å²) in [5, 5.41) is 4.92. The minimum atomic E-state index is -4.71. The fourth-order valence-electron chi connectivity index (χ4n) is 3.98. The highest BCUT2D eigenvalue weighted by atomic mass is 35.5. The molecule has 5 rings (SSSR count). The molecule has 5 aromatic rings. The van der Waals surface area contributed by atoms with Gasteiger partial charge in [-0.15, -0.1) is 0 Å². The average Bonchev–Trinajstić information content (AvgIpc) is 3.26. The number of alkyl halides is 3. The van der Waals surface area contributed by atoms with Crippen molar-refractivity contribution >= 4 is 11.6 Å². The minimum absolute atomic E-state index is 0.0864. The Hall–Kier alpha value is -4.17. The Labute approximate surface area is 222 Å². The Bertz CT molecular complexity index is 1590. The Kier molecular flexibility index (Phi) is 6.67. The van der Waals surface area contributed by atoms with Crippen molar-refractivity contribution < 1.29 is 17.9 Å². The standard InChI is InChI=1S/C29H22ClF3N4O/c1-17-4-8-20(9-5-17)26-25(30)27(21-10-6-18(2)7-11-21)37(36-26)28-34-23(16-24(35-28)29(31,32)33)19-12-14-22(38-3)15-13-19/h4-16H,1-3H3. The van der Waals surface area contributed by atoms with Crippen molar-refractivity contribution in [3.8, 4) is 45.5 Å². The smallest absolute Gasteiger partial charge is 0.433 e. The summed E-state index contributed by atoms with van der Waals surface area (Å²) < 4.78 is 48.4. The van der Waals surface area contributed by atoms with Crippen LogP contribution in [0.2, 0.25) is 5.02 Å². The highest BCUT2D eigenvalue weighted by molar-refractivity contribution is 6.35. The fourth-order valence-corrected chi connectivity index (χ4v) is 4.32. The first-order valence-electron chi connectivity index (χ1n) is 11.7. The summed E-state index contributed by atoms with van der Waals surface area (Å²) in [7, 11) is 1.51. The topological polar surface area (TPSA) is 52.8 Å². The van der Waals surface area contributed by atoms with E-state index in [1.807, 2.05) is 62.4 Å². The molecule has 0 aliphatic rings. The summed E-state index contributed by atoms with van der Waals surface area (Å²) in [4.78, 5) is 8.38. The molecule has 0 spiro atoms. The maximum absolute atomic E-state index is 14.0. The summed E-state index contributed by atoms with van der Waals surface area (Å²) in [5.41, 5.74) is 3.72. The van der Waals surface area contributed by atoms with E-state index in [9.17, 15) is 13.2 Å². The lowest BCUT2D eigenvalue weighted by molar-refractivity contribution is -0.141. The first-order chi connectivity index (χ1) is 18.1. The molecule has 0 saturated heterocycles. The molecule has 0 fully saturated rings. The van der Waals surface area contributed by atoms with Crippen LogP contribution >= 0.6 is 11.6 Å².